The normalized spacial score (nSPS) is 20.3. The lowest BCUT2D eigenvalue weighted by Gasteiger charge is -2.42. The van der Waals surface area contributed by atoms with Crippen LogP contribution in [0.1, 0.15) is 60.5 Å². The summed E-state index contributed by atoms with van der Waals surface area (Å²) in [4.78, 5) is 15.8. The number of halogens is 1. The fraction of sp³-hybridized carbons (Fsp3) is 0.514. The van der Waals surface area contributed by atoms with E-state index in [4.69, 9.17) is 21.1 Å². The number of aryl methyl sites for hydroxylation is 1. The van der Waals surface area contributed by atoms with Crippen molar-refractivity contribution in [3.63, 3.8) is 0 Å². The Morgan fingerprint density at radius 3 is 2.66 bits per heavy atom. The first kappa shape index (κ1) is 36.9. The fourth-order valence-corrected chi connectivity index (χ4v) is 7.96. The number of ether oxygens (including phenoxy) is 2. The number of nitrogens with one attached hydrogen (secondary N) is 1. The number of hydrogen-bond acceptors (Lipinski definition) is 8. The van der Waals surface area contributed by atoms with Gasteiger partial charge in [-0.25, -0.2) is 4.72 Å². The number of nitrogens with zero attached hydrogens (tertiary/aromatic N) is 2. The van der Waals surface area contributed by atoms with Gasteiger partial charge < -0.3 is 24.6 Å². The molecule has 1 fully saturated rings. The molecular weight excluding hydrogens is 642 g/mol. The van der Waals surface area contributed by atoms with E-state index in [1.54, 1.807) is 37.3 Å². The average Bonchev–Trinajstić information content (AvgIpc) is 3.04. The largest absolute Gasteiger partial charge is 0.487 e. The molecule has 2 aromatic carbocycles. The second-order valence-corrected chi connectivity index (χ2v) is 14.6. The predicted octanol–water partition coefficient (Wildman–Crippen LogP) is 4.88. The molecule has 3 N–H and O–H groups in total. The van der Waals surface area contributed by atoms with Gasteiger partial charge >= 0.3 is 10.2 Å². The van der Waals surface area contributed by atoms with E-state index in [0.717, 1.165) is 47.5 Å². The first-order chi connectivity index (χ1) is 22.5. The van der Waals surface area contributed by atoms with E-state index in [1.807, 2.05) is 18.2 Å². The van der Waals surface area contributed by atoms with Gasteiger partial charge in [0.05, 0.1) is 24.5 Å². The zero-order valence-electron chi connectivity index (χ0n) is 27.3. The molecule has 1 amide bonds. The molecule has 47 heavy (non-hydrogen) atoms. The maximum atomic E-state index is 13.6. The van der Waals surface area contributed by atoms with Crippen molar-refractivity contribution < 1.29 is 32.9 Å². The van der Waals surface area contributed by atoms with Gasteiger partial charge in [-0.2, -0.15) is 12.7 Å². The van der Waals surface area contributed by atoms with Gasteiger partial charge in [0.1, 0.15) is 12.4 Å². The number of aliphatic hydroxyl groups is 2. The van der Waals surface area contributed by atoms with Crippen molar-refractivity contribution >= 4 is 33.4 Å². The van der Waals surface area contributed by atoms with Gasteiger partial charge in [-0.3, -0.25) is 4.79 Å². The van der Waals surface area contributed by atoms with E-state index in [1.165, 1.54) is 7.11 Å². The maximum absolute atomic E-state index is 13.6. The van der Waals surface area contributed by atoms with Gasteiger partial charge in [0.25, 0.3) is 5.91 Å². The lowest BCUT2D eigenvalue weighted by atomic mass is 9.70. The Morgan fingerprint density at radius 1 is 1.19 bits per heavy atom. The number of amides is 1. The lowest BCUT2D eigenvalue weighted by molar-refractivity contribution is 0.0465. The number of rotatable bonds is 14. The van der Waals surface area contributed by atoms with E-state index in [9.17, 15) is 23.4 Å². The second kappa shape index (κ2) is 16.9. The molecule has 258 valence electrons. The predicted molar refractivity (Wildman–Crippen MR) is 185 cm³/mol. The molecule has 1 aliphatic heterocycles. The Kier molecular flexibility index (Phi) is 13.3. The third kappa shape index (κ3) is 9.58. The zero-order valence-corrected chi connectivity index (χ0v) is 28.9. The van der Waals surface area contributed by atoms with Crippen LogP contribution in [0.2, 0.25) is 5.02 Å². The summed E-state index contributed by atoms with van der Waals surface area (Å²) in [6.45, 7) is 10.4. The Morgan fingerprint density at radius 2 is 1.98 bits per heavy atom. The number of anilines is 1. The van der Waals surface area contributed by atoms with Crippen LogP contribution >= 0.6 is 11.6 Å². The molecular formula is C35H48ClN3O7S. The number of methoxy groups -OCH3 is 1. The van der Waals surface area contributed by atoms with Crippen molar-refractivity contribution in [3.8, 4) is 5.75 Å². The highest BCUT2D eigenvalue weighted by atomic mass is 35.5. The number of benzene rings is 2. The van der Waals surface area contributed by atoms with E-state index in [0.29, 0.717) is 42.6 Å². The Labute approximate surface area is 284 Å². The minimum absolute atomic E-state index is 0.0649. The maximum Gasteiger partial charge on any atom is 0.304 e. The molecule has 1 unspecified atom stereocenters. The molecule has 0 saturated heterocycles. The van der Waals surface area contributed by atoms with Gasteiger partial charge in [0.15, 0.2) is 0 Å². The van der Waals surface area contributed by atoms with Crippen molar-refractivity contribution in [2.24, 2.45) is 11.8 Å². The Hall–Kier alpha value is -2.93. The minimum Gasteiger partial charge on any atom is -0.487 e. The molecule has 2 aliphatic rings. The van der Waals surface area contributed by atoms with Gasteiger partial charge in [-0.15, -0.1) is 13.2 Å². The summed E-state index contributed by atoms with van der Waals surface area (Å²) in [7, 11) is -2.95. The lowest BCUT2D eigenvalue weighted by Crippen LogP contribution is -2.50. The summed E-state index contributed by atoms with van der Waals surface area (Å²) in [5.41, 5.74) is 2.98. The molecule has 2 aromatic rings. The molecule has 5 atom stereocenters. The molecule has 1 saturated carbocycles. The highest BCUT2D eigenvalue weighted by molar-refractivity contribution is 7.87. The number of carbonyl (C=O) groups excluding carboxylic acids is 1. The van der Waals surface area contributed by atoms with Crippen molar-refractivity contribution in [1.29, 1.82) is 0 Å². The van der Waals surface area contributed by atoms with Crippen LogP contribution in [0.4, 0.5) is 5.69 Å². The van der Waals surface area contributed by atoms with E-state index < -0.39 is 34.4 Å². The van der Waals surface area contributed by atoms with Crippen LogP contribution < -0.4 is 14.4 Å². The van der Waals surface area contributed by atoms with Crippen LogP contribution in [0.15, 0.2) is 61.7 Å². The van der Waals surface area contributed by atoms with Crippen LogP contribution in [-0.2, 0) is 28.0 Å². The van der Waals surface area contributed by atoms with Crippen LogP contribution in [0.5, 0.6) is 5.75 Å². The summed E-state index contributed by atoms with van der Waals surface area (Å²) in [6.07, 6.45) is 6.28. The standard InChI is InChI=1S/C35H48ClN3O7S/c1-5-9-24(3)39(21-30(40)23-45-4)47(43,44)37-35(42)26-13-16-34-32(19-26)38(20-27-12-15-31(27)33(41)6-2)17-8-7-10-25-18-29(36)14-11-28(25)22-46-34/h5-6,11,13-14,16,18-19,24,27,30-31,33,40-41H,1-2,7-10,12,15,17,20-23H2,3-4H3,(H,37,42)/t24-,27-,30+,31?,33-/m0/s1. The SMILES string of the molecule is C=CC[C@H](C)N(C[C@@H](O)COC)S(=O)(=O)NC(=O)c1ccc2c(c1)N(C[C@@H]1CCC1[C@@H](O)C=C)CCCCc1cc(Cl)ccc1CO2. The van der Waals surface area contributed by atoms with Crippen molar-refractivity contribution in [3.05, 3.63) is 83.4 Å². The summed E-state index contributed by atoms with van der Waals surface area (Å²) in [6, 6.07) is 10.2. The molecule has 10 nitrogen and oxygen atoms in total. The van der Waals surface area contributed by atoms with Gasteiger partial charge in [-0.05, 0) is 98.7 Å². The van der Waals surface area contributed by atoms with Crippen LogP contribution in [0.3, 0.4) is 0 Å². The second-order valence-electron chi connectivity index (χ2n) is 12.5. The third-order valence-corrected chi connectivity index (χ3v) is 10.9. The van der Waals surface area contributed by atoms with Gasteiger partial charge in [0, 0.05) is 43.4 Å². The molecule has 0 spiro atoms. The van der Waals surface area contributed by atoms with E-state index >= 15 is 0 Å². The quantitative estimate of drug-likeness (QED) is 0.240. The molecule has 1 aliphatic carbocycles. The van der Waals surface area contributed by atoms with Crippen LogP contribution in [0.25, 0.3) is 0 Å². The molecule has 4 rings (SSSR count). The molecule has 0 bridgehead atoms. The number of fused-ring (bicyclic) bond motifs is 2. The molecule has 0 radical (unpaired) electrons. The monoisotopic (exact) mass is 689 g/mol. The molecule has 12 heteroatoms. The van der Waals surface area contributed by atoms with E-state index in [2.05, 4.69) is 22.8 Å². The summed E-state index contributed by atoms with van der Waals surface area (Å²) in [5, 5.41) is 21.6. The topological polar surface area (TPSA) is 129 Å². The highest BCUT2D eigenvalue weighted by Crippen LogP contribution is 2.40. The summed E-state index contributed by atoms with van der Waals surface area (Å²) < 4.78 is 41.7. The Balaban J connectivity index is 1.66. The number of carbonyl (C=O) groups is 1. The van der Waals surface area contributed by atoms with Gasteiger partial charge in [-0.1, -0.05) is 29.8 Å². The van der Waals surface area contributed by atoms with Gasteiger partial charge in [0.2, 0.25) is 0 Å². The number of aliphatic hydroxyl groups excluding tert-OH is 2. The van der Waals surface area contributed by atoms with Crippen LogP contribution in [0, 0.1) is 11.8 Å². The first-order valence-electron chi connectivity index (χ1n) is 16.2. The van der Waals surface area contributed by atoms with Crippen LogP contribution in [-0.4, -0.2) is 80.4 Å². The highest BCUT2D eigenvalue weighted by Gasteiger charge is 2.37. The number of hydrogen-bond donors (Lipinski definition) is 3. The van der Waals surface area contributed by atoms with Crippen molar-refractivity contribution in [2.45, 2.75) is 70.3 Å². The first-order valence-corrected chi connectivity index (χ1v) is 18.0. The Bertz CT molecular complexity index is 1500. The smallest absolute Gasteiger partial charge is 0.304 e. The third-order valence-electron chi connectivity index (χ3n) is 9.13. The zero-order chi connectivity index (χ0) is 34.1. The van der Waals surface area contributed by atoms with Crippen molar-refractivity contribution in [1.82, 2.24) is 9.03 Å². The fourth-order valence-electron chi connectivity index (χ4n) is 6.37. The minimum atomic E-state index is -4.36. The average molecular weight is 690 g/mol. The molecule has 0 aromatic heterocycles. The van der Waals surface area contributed by atoms with Crippen molar-refractivity contribution in [2.75, 3.05) is 38.3 Å². The van der Waals surface area contributed by atoms with E-state index in [-0.39, 0.29) is 30.6 Å². The summed E-state index contributed by atoms with van der Waals surface area (Å²) >= 11 is 6.31. The summed E-state index contributed by atoms with van der Waals surface area (Å²) in [5.74, 6) is 0.0716. The molecule has 1 heterocycles.